The predicted molar refractivity (Wildman–Crippen MR) is 76.6 cm³/mol. The number of tetrazole rings is 1. The summed E-state index contributed by atoms with van der Waals surface area (Å²) in [6.45, 7) is 1.62. The molecule has 0 spiro atoms. The summed E-state index contributed by atoms with van der Waals surface area (Å²) in [6, 6.07) is 0.153. The summed E-state index contributed by atoms with van der Waals surface area (Å²) in [7, 11) is 3.55. The van der Waals surface area contributed by atoms with Crippen LogP contribution in [-0.2, 0) is 20.6 Å². The maximum atomic E-state index is 11.7. The van der Waals surface area contributed by atoms with Crippen molar-refractivity contribution < 1.29 is 0 Å². The largest absolute Gasteiger partial charge is 0.343 e. The van der Waals surface area contributed by atoms with Gasteiger partial charge in [0.1, 0.15) is 0 Å². The van der Waals surface area contributed by atoms with Crippen LogP contribution in [0.5, 0.6) is 0 Å². The molecule has 0 radical (unpaired) electrons. The number of hydrogen-bond donors (Lipinski definition) is 1. The van der Waals surface area contributed by atoms with Crippen molar-refractivity contribution in [3.63, 3.8) is 0 Å². The van der Waals surface area contributed by atoms with E-state index in [0.29, 0.717) is 18.3 Å². The molecule has 2 unspecified atom stereocenters. The fraction of sp³-hybridized carbons (Fsp3) is 0.769. The van der Waals surface area contributed by atoms with Gasteiger partial charge in [-0.25, -0.2) is 9.89 Å². The lowest BCUT2D eigenvalue weighted by atomic mass is 9.94. The van der Waals surface area contributed by atoms with Crippen LogP contribution in [0.3, 0.4) is 0 Å². The minimum atomic E-state index is -0.158. The summed E-state index contributed by atoms with van der Waals surface area (Å²) in [5.74, 6) is 2.86. The lowest BCUT2D eigenvalue weighted by Gasteiger charge is -2.26. The second-order valence-corrected chi connectivity index (χ2v) is 6.35. The summed E-state index contributed by atoms with van der Waals surface area (Å²) in [5.41, 5.74) is -0.158. The fourth-order valence-corrected chi connectivity index (χ4v) is 3.62. The molecule has 4 rings (SSSR count). The van der Waals surface area contributed by atoms with Crippen molar-refractivity contribution in [3.05, 3.63) is 22.1 Å². The number of hydrogen-bond acceptors (Lipinski definition) is 6. The van der Waals surface area contributed by atoms with Crippen LogP contribution in [0.15, 0.2) is 4.79 Å². The van der Waals surface area contributed by atoms with Gasteiger partial charge in [0.25, 0.3) is 0 Å². The van der Waals surface area contributed by atoms with Crippen LogP contribution in [0.1, 0.15) is 37.0 Å². The molecule has 0 bridgehead atoms. The Balaban J connectivity index is 1.64. The zero-order valence-electron chi connectivity index (χ0n) is 12.8. The molecule has 1 aliphatic heterocycles. The van der Waals surface area contributed by atoms with Crippen LogP contribution in [0.2, 0.25) is 0 Å². The molecule has 2 fully saturated rings. The minimum Gasteiger partial charge on any atom is -0.285 e. The summed E-state index contributed by atoms with van der Waals surface area (Å²) < 4.78 is 1.63. The summed E-state index contributed by atoms with van der Waals surface area (Å²) >= 11 is 0. The van der Waals surface area contributed by atoms with Crippen LogP contribution >= 0.6 is 0 Å². The van der Waals surface area contributed by atoms with Gasteiger partial charge in [-0.05, 0) is 42.9 Å². The number of likely N-dealkylation sites (tertiary alicyclic amines) is 1. The molecule has 1 N–H and O–H groups in total. The SMILES string of the molecule is Cn1nnc(CN2CCC(C3CC3)C2c2n[nH]c(=O)n2C)n1. The van der Waals surface area contributed by atoms with E-state index in [1.54, 1.807) is 18.7 Å². The highest BCUT2D eigenvalue weighted by Crippen LogP contribution is 2.50. The van der Waals surface area contributed by atoms with Gasteiger partial charge in [-0.3, -0.25) is 9.47 Å². The van der Waals surface area contributed by atoms with Crippen LogP contribution < -0.4 is 5.69 Å². The number of aromatic nitrogens is 7. The van der Waals surface area contributed by atoms with Crippen LogP contribution in [0.25, 0.3) is 0 Å². The molecule has 1 saturated heterocycles. The van der Waals surface area contributed by atoms with E-state index in [4.69, 9.17) is 0 Å². The number of aryl methyl sites for hydroxylation is 1. The number of H-pyrrole nitrogens is 1. The smallest absolute Gasteiger partial charge is 0.285 e. The van der Waals surface area contributed by atoms with E-state index in [1.807, 2.05) is 0 Å². The first-order valence-electron chi connectivity index (χ1n) is 7.71. The Labute approximate surface area is 127 Å². The quantitative estimate of drug-likeness (QED) is 0.826. The van der Waals surface area contributed by atoms with E-state index in [1.165, 1.54) is 17.6 Å². The first-order chi connectivity index (χ1) is 10.6. The standard InChI is InChI=1S/C13H20N8O/c1-19-12(15-16-13(19)22)11-9(8-3-4-8)5-6-21(11)7-10-14-18-20(2)17-10/h8-9,11H,3-7H2,1-2H3,(H,16,22). The van der Waals surface area contributed by atoms with Crippen molar-refractivity contribution >= 4 is 0 Å². The third-order valence-corrected chi connectivity index (χ3v) is 4.85. The third-order valence-electron chi connectivity index (χ3n) is 4.85. The Morgan fingerprint density at radius 3 is 2.68 bits per heavy atom. The van der Waals surface area contributed by atoms with Gasteiger partial charge < -0.3 is 0 Å². The molecule has 2 aromatic heterocycles. The maximum Gasteiger partial charge on any atom is 0.343 e. The van der Waals surface area contributed by atoms with E-state index in [0.717, 1.165) is 24.7 Å². The first kappa shape index (κ1) is 13.6. The monoisotopic (exact) mass is 304 g/mol. The lowest BCUT2D eigenvalue weighted by Crippen LogP contribution is -2.30. The van der Waals surface area contributed by atoms with Crippen molar-refractivity contribution in [3.8, 4) is 0 Å². The Kier molecular flexibility index (Phi) is 3.10. The van der Waals surface area contributed by atoms with E-state index in [-0.39, 0.29) is 11.7 Å². The second-order valence-electron chi connectivity index (χ2n) is 6.35. The summed E-state index contributed by atoms with van der Waals surface area (Å²) in [5, 5.41) is 19.1. The Bertz CT molecular complexity index is 726. The molecule has 9 heteroatoms. The zero-order chi connectivity index (χ0) is 15.3. The summed E-state index contributed by atoms with van der Waals surface area (Å²) in [6.07, 6.45) is 3.71. The molecule has 2 aliphatic rings. The molecule has 9 nitrogen and oxygen atoms in total. The van der Waals surface area contributed by atoms with Crippen molar-refractivity contribution in [2.45, 2.75) is 31.8 Å². The Morgan fingerprint density at radius 1 is 1.27 bits per heavy atom. The lowest BCUT2D eigenvalue weighted by molar-refractivity contribution is 0.192. The number of aromatic amines is 1. The molecule has 22 heavy (non-hydrogen) atoms. The van der Waals surface area contributed by atoms with Crippen molar-refractivity contribution in [2.24, 2.45) is 25.9 Å². The molecule has 2 atom stereocenters. The maximum absolute atomic E-state index is 11.7. The normalized spacial score (nSPS) is 25.9. The van der Waals surface area contributed by atoms with Gasteiger partial charge in [0, 0.05) is 7.05 Å². The van der Waals surface area contributed by atoms with Crippen molar-refractivity contribution in [1.82, 2.24) is 39.9 Å². The van der Waals surface area contributed by atoms with E-state index in [2.05, 4.69) is 30.5 Å². The highest BCUT2D eigenvalue weighted by Gasteiger charge is 2.45. The summed E-state index contributed by atoms with van der Waals surface area (Å²) in [4.78, 5) is 15.5. The molecule has 1 aliphatic carbocycles. The molecule has 1 saturated carbocycles. The van der Waals surface area contributed by atoms with Crippen molar-refractivity contribution in [2.75, 3.05) is 6.54 Å². The second kappa shape index (κ2) is 5.01. The first-order valence-corrected chi connectivity index (χ1v) is 7.71. The van der Waals surface area contributed by atoms with Gasteiger partial charge in [-0.1, -0.05) is 0 Å². The highest BCUT2D eigenvalue weighted by molar-refractivity contribution is 5.06. The van der Waals surface area contributed by atoms with Gasteiger partial charge >= 0.3 is 5.69 Å². The highest BCUT2D eigenvalue weighted by atomic mass is 16.1. The molecular formula is C13H20N8O. The molecule has 118 valence electrons. The third kappa shape index (κ3) is 2.25. The van der Waals surface area contributed by atoms with E-state index < -0.39 is 0 Å². The molecular weight excluding hydrogens is 284 g/mol. The van der Waals surface area contributed by atoms with Crippen molar-refractivity contribution in [1.29, 1.82) is 0 Å². The fourth-order valence-electron chi connectivity index (χ4n) is 3.62. The topological polar surface area (TPSA) is 97.5 Å². The average molecular weight is 304 g/mol. The number of rotatable bonds is 4. The van der Waals surface area contributed by atoms with Gasteiger partial charge in [-0.15, -0.1) is 10.2 Å². The Morgan fingerprint density at radius 2 is 2.09 bits per heavy atom. The number of nitrogens with zero attached hydrogens (tertiary/aromatic N) is 7. The molecule has 0 amide bonds. The van der Waals surface area contributed by atoms with Gasteiger partial charge in [0.2, 0.25) is 0 Å². The average Bonchev–Trinajstić information content (AvgIpc) is 3.02. The predicted octanol–water partition coefficient (Wildman–Crippen LogP) is -0.395. The van der Waals surface area contributed by atoms with Gasteiger partial charge in [0.05, 0.1) is 19.6 Å². The molecule has 2 aromatic rings. The minimum absolute atomic E-state index is 0.153. The van der Waals surface area contributed by atoms with Gasteiger partial charge in [0.15, 0.2) is 11.6 Å². The molecule has 0 aromatic carbocycles. The zero-order valence-corrected chi connectivity index (χ0v) is 12.8. The van der Waals surface area contributed by atoms with Crippen LogP contribution in [-0.4, -0.2) is 46.4 Å². The van der Waals surface area contributed by atoms with Crippen LogP contribution in [0, 0.1) is 11.8 Å². The van der Waals surface area contributed by atoms with Gasteiger partial charge in [-0.2, -0.15) is 9.90 Å². The van der Waals surface area contributed by atoms with Crippen LogP contribution in [0.4, 0.5) is 0 Å². The van der Waals surface area contributed by atoms with E-state index in [9.17, 15) is 4.79 Å². The Hall–Kier alpha value is -2.03. The molecule has 3 heterocycles. The van der Waals surface area contributed by atoms with E-state index >= 15 is 0 Å². The number of nitrogens with one attached hydrogen (secondary N) is 1.